The monoisotopic (exact) mass is 428 g/mol. The van der Waals surface area contributed by atoms with E-state index in [1.54, 1.807) is 54.6 Å². The van der Waals surface area contributed by atoms with Crippen molar-refractivity contribution in [2.24, 2.45) is 0 Å². The van der Waals surface area contributed by atoms with Gasteiger partial charge in [0.1, 0.15) is 0 Å². The molecule has 0 aliphatic heterocycles. The second kappa shape index (κ2) is 7.92. The minimum absolute atomic E-state index is 0.168. The molecule has 3 aromatic rings. The highest BCUT2D eigenvalue weighted by molar-refractivity contribution is 7.90. The molecule has 0 atom stereocenters. The zero-order valence-electron chi connectivity index (χ0n) is 15.5. The normalized spacial score (nSPS) is 13.9. The Morgan fingerprint density at radius 3 is 2.66 bits per heavy atom. The van der Waals surface area contributed by atoms with Crippen LogP contribution in [0.25, 0.3) is 0 Å². The maximum absolute atomic E-state index is 12.6. The van der Waals surface area contributed by atoms with Gasteiger partial charge in [0.2, 0.25) is 0 Å². The zero-order valence-corrected chi connectivity index (χ0v) is 17.2. The molecule has 1 amide bonds. The Balaban J connectivity index is 1.46. The van der Waals surface area contributed by atoms with Gasteiger partial charge >= 0.3 is 0 Å². The molecule has 7 nitrogen and oxygen atoms in total. The fourth-order valence-electron chi connectivity index (χ4n) is 3.17. The van der Waals surface area contributed by atoms with Crippen LogP contribution in [0.3, 0.4) is 0 Å². The van der Waals surface area contributed by atoms with E-state index in [-0.39, 0.29) is 23.1 Å². The van der Waals surface area contributed by atoms with Crippen molar-refractivity contribution in [1.29, 1.82) is 0 Å². The van der Waals surface area contributed by atoms with Gasteiger partial charge in [0, 0.05) is 11.6 Å². The van der Waals surface area contributed by atoms with Crippen molar-refractivity contribution < 1.29 is 13.2 Å². The Kier molecular flexibility index (Phi) is 5.33. The van der Waals surface area contributed by atoms with E-state index in [1.165, 1.54) is 0 Å². The average molecular weight is 429 g/mol. The molecular formula is C20H20N4O3S2. The molecule has 1 saturated carbocycles. The van der Waals surface area contributed by atoms with Gasteiger partial charge in [0.25, 0.3) is 5.91 Å². The molecule has 2 N–H and O–H groups in total. The molecule has 1 fully saturated rings. The summed E-state index contributed by atoms with van der Waals surface area (Å²) in [5.41, 5.74) is 0.958. The van der Waals surface area contributed by atoms with Crippen molar-refractivity contribution in [1.82, 2.24) is 20.1 Å². The number of carbonyl (C=O) groups excluding carboxylic acids is 1. The molecular weight excluding hydrogens is 408 g/mol. The molecule has 29 heavy (non-hydrogen) atoms. The van der Waals surface area contributed by atoms with Gasteiger partial charge in [-0.15, -0.1) is 0 Å². The summed E-state index contributed by atoms with van der Waals surface area (Å²) in [4.78, 5) is 12.8. The number of rotatable bonds is 7. The number of H-pyrrole nitrogens is 1. The minimum atomic E-state index is -3.48. The van der Waals surface area contributed by atoms with Gasteiger partial charge in [-0.2, -0.15) is 5.10 Å². The summed E-state index contributed by atoms with van der Waals surface area (Å²) < 4.78 is 27.7. The number of hydrogen-bond acceptors (Lipinski definition) is 5. The third kappa shape index (κ3) is 4.46. The van der Waals surface area contributed by atoms with Gasteiger partial charge in [0.15, 0.2) is 20.4 Å². The summed E-state index contributed by atoms with van der Waals surface area (Å²) in [6, 6.07) is 15.3. The maximum atomic E-state index is 12.6. The van der Waals surface area contributed by atoms with Gasteiger partial charge < -0.3 is 5.32 Å². The summed E-state index contributed by atoms with van der Waals surface area (Å²) in [5.74, 6) is 0.229. The standard InChI is InChI=1S/C20H20N4O3S2/c25-19(21-12-18-22-23-20(28)24(18)16-9-10-16)15-6-4-5-14(11-15)13-29(26,27)17-7-2-1-3-8-17/h1-8,11,16H,9-10,12-13H2,(H,21,25)(H,23,28). The quantitative estimate of drug-likeness (QED) is 0.564. The molecule has 150 valence electrons. The molecule has 4 rings (SSSR count). The summed E-state index contributed by atoms with van der Waals surface area (Å²) >= 11 is 5.25. The highest BCUT2D eigenvalue weighted by Gasteiger charge is 2.27. The minimum Gasteiger partial charge on any atom is -0.345 e. The molecule has 0 bridgehead atoms. The molecule has 1 heterocycles. The average Bonchev–Trinajstić information content (AvgIpc) is 3.49. The van der Waals surface area contributed by atoms with Crippen molar-refractivity contribution in [3.05, 3.63) is 76.3 Å². The van der Waals surface area contributed by atoms with Crippen LogP contribution in [0.4, 0.5) is 0 Å². The summed E-state index contributed by atoms with van der Waals surface area (Å²) in [5, 5.41) is 9.80. The highest BCUT2D eigenvalue weighted by Crippen LogP contribution is 2.35. The fraction of sp³-hybridized carbons (Fsp3) is 0.250. The van der Waals surface area contributed by atoms with Crippen molar-refractivity contribution in [2.45, 2.75) is 36.1 Å². The van der Waals surface area contributed by atoms with Crippen LogP contribution in [-0.2, 0) is 22.1 Å². The number of amides is 1. The number of nitrogens with one attached hydrogen (secondary N) is 2. The Morgan fingerprint density at radius 1 is 1.17 bits per heavy atom. The van der Waals surface area contributed by atoms with Gasteiger partial charge in [0.05, 0.1) is 17.2 Å². The summed E-state index contributed by atoms with van der Waals surface area (Å²) in [7, 11) is -3.48. The molecule has 0 radical (unpaired) electrons. The maximum Gasteiger partial charge on any atom is 0.251 e. The first-order valence-electron chi connectivity index (χ1n) is 9.25. The van der Waals surface area contributed by atoms with Crippen LogP contribution in [0.15, 0.2) is 59.5 Å². The van der Waals surface area contributed by atoms with Gasteiger partial charge in [-0.25, -0.2) is 8.42 Å². The van der Waals surface area contributed by atoms with E-state index >= 15 is 0 Å². The number of nitrogens with zero attached hydrogens (tertiary/aromatic N) is 2. The third-order valence-corrected chi connectivity index (χ3v) is 6.74. The van der Waals surface area contributed by atoms with E-state index in [1.807, 2.05) is 4.57 Å². The molecule has 0 saturated heterocycles. The van der Waals surface area contributed by atoms with E-state index in [9.17, 15) is 13.2 Å². The smallest absolute Gasteiger partial charge is 0.251 e. The summed E-state index contributed by atoms with van der Waals surface area (Å²) in [6.45, 7) is 0.245. The Hall–Kier alpha value is -2.78. The largest absolute Gasteiger partial charge is 0.345 e. The zero-order chi connectivity index (χ0) is 20.4. The van der Waals surface area contributed by atoms with E-state index in [2.05, 4.69) is 15.5 Å². The van der Waals surface area contributed by atoms with E-state index < -0.39 is 9.84 Å². The van der Waals surface area contributed by atoms with Gasteiger partial charge in [-0.1, -0.05) is 30.3 Å². The number of sulfone groups is 1. The van der Waals surface area contributed by atoms with Crippen molar-refractivity contribution in [3.63, 3.8) is 0 Å². The number of aromatic amines is 1. The van der Waals surface area contributed by atoms with Crippen LogP contribution in [-0.4, -0.2) is 29.1 Å². The SMILES string of the molecule is O=C(NCc1n[nH]c(=S)n1C1CC1)c1cccc(CS(=O)(=O)c2ccccc2)c1. The first kappa shape index (κ1) is 19.5. The fourth-order valence-corrected chi connectivity index (χ4v) is 4.82. The molecule has 9 heteroatoms. The van der Waals surface area contributed by atoms with Crippen LogP contribution in [0.1, 0.15) is 40.6 Å². The van der Waals surface area contributed by atoms with Crippen LogP contribution in [0.2, 0.25) is 0 Å². The van der Waals surface area contributed by atoms with Gasteiger partial charge in [-0.05, 0) is 54.9 Å². The van der Waals surface area contributed by atoms with E-state index in [4.69, 9.17) is 12.2 Å². The lowest BCUT2D eigenvalue weighted by Gasteiger charge is -2.09. The predicted molar refractivity (Wildman–Crippen MR) is 111 cm³/mol. The Morgan fingerprint density at radius 2 is 1.93 bits per heavy atom. The second-order valence-electron chi connectivity index (χ2n) is 7.00. The number of carbonyl (C=O) groups is 1. The first-order valence-corrected chi connectivity index (χ1v) is 11.3. The van der Waals surface area contributed by atoms with E-state index in [0.29, 0.717) is 27.8 Å². The molecule has 1 aliphatic rings. The van der Waals surface area contributed by atoms with E-state index in [0.717, 1.165) is 12.8 Å². The number of hydrogen-bond donors (Lipinski definition) is 2. The molecule has 2 aromatic carbocycles. The summed E-state index contributed by atoms with van der Waals surface area (Å²) in [6.07, 6.45) is 2.12. The predicted octanol–water partition coefficient (Wildman–Crippen LogP) is 3.18. The molecule has 0 spiro atoms. The highest BCUT2D eigenvalue weighted by atomic mass is 32.2. The Labute approximate surface area is 173 Å². The lowest BCUT2D eigenvalue weighted by Crippen LogP contribution is -2.25. The van der Waals surface area contributed by atoms with Crippen molar-refractivity contribution in [3.8, 4) is 0 Å². The third-order valence-electron chi connectivity index (χ3n) is 4.74. The Bertz CT molecular complexity index is 1200. The molecule has 0 unspecified atom stereocenters. The second-order valence-corrected chi connectivity index (χ2v) is 9.38. The van der Waals surface area contributed by atoms with Crippen LogP contribution >= 0.6 is 12.2 Å². The van der Waals surface area contributed by atoms with Crippen molar-refractivity contribution >= 4 is 28.0 Å². The lowest BCUT2D eigenvalue weighted by molar-refractivity contribution is 0.0949. The number of aromatic nitrogens is 3. The van der Waals surface area contributed by atoms with Crippen molar-refractivity contribution in [2.75, 3.05) is 0 Å². The topological polar surface area (TPSA) is 96.8 Å². The van der Waals surface area contributed by atoms with Crippen LogP contribution in [0, 0.1) is 4.77 Å². The van der Waals surface area contributed by atoms with Gasteiger partial charge in [-0.3, -0.25) is 14.5 Å². The first-order chi connectivity index (χ1) is 13.9. The molecule has 1 aromatic heterocycles. The lowest BCUT2D eigenvalue weighted by atomic mass is 10.1. The molecule has 1 aliphatic carbocycles. The van der Waals surface area contributed by atoms with Crippen LogP contribution in [0.5, 0.6) is 0 Å². The van der Waals surface area contributed by atoms with Crippen LogP contribution < -0.4 is 5.32 Å². The number of benzene rings is 2.